The van der Waals surface area contributed by atoms with E-state index in [9.17, 15) is 5.11 Å². The molecule has 0 bridgehead atoms. The van der Waals surface area contributed by atoms with Gasteiger partial charge in [-0.05, 0) is 44.0 Å². The zero-order chi connectivity index (χ0) is 11.1. The topological polar surface area (TPSA) is 33.4 Å². The van der Waals surface area contributed by atoms with Crippen LogP contribution in [0.3, 0.4) is 0 Å². The van der Waals surface area contributed by atoms with E-state index in [2.05, 4.69) is 6.07 Å². The minimum atomic E-state index is -0.661. The number of hydrogen-bond donors (Lipinski definition) is 1. The lowest BCUT2D eigenvalue weighted by Gasteiger charge is -2.16. The van der Waals surface area contributed by atoms with Crippen molar-refractivity contribution in [3.63, 3.8) is 0 Å². The quantitative estimate of drug-likeness (QED) is 0.815. The highest BCUT2D eigenvalue weighted by Crippen LogP contribution is 2.23. The molecule has 0 saturated heterocycles. The average Bonchev–Trinajstić information content (AvgIpc) is 2.45. The van der Waals surface area contributed by atoms with Gasteiger partial charge in [-0.1, -0.05) is 6.07 Å². The number of furan rings is 1. The summed E-state index contributed by atoms with van der Waals surface area (Å²) in [6.07, 6.45) is 2.42. The fourth-order valence-corrected chi connectivity index (χ4v) is 1.81. The normalized spacial score (nSPS) is 12.3. The van der Waals surface area contributed by atoms with Gasteiger partial charge in [0.2, 0.25) is 0 Å². The molecule has 2 nitrogen and oxygen atoms in total. The van der Waals surface area contributed by atoms with Crippen LogP contribution >= 0.6 is 0 Å². The molecule has 0 saturated carbocycles. The molecular formula is C13H16O2. The van der Waals surface area contributed by atoms with E-state index in [1.807, 2.05) is 32.9 Å². The molecule has 2 heteroatoms. The molecule has 0 amide bonds. The molecule has 0 aliphatic rings. The molecule has 0 unspecified atom stereocenters. The first-order valence-corrected chi connectivity index (χ1v) is 5.15. The largest absolute Gasteiger partial charge is 0.464 e. The molecule has 1 N–H and O–H groups in total. The molecule has 2 rings (SSSR count). The molecule has 0 aliphatic heterocycles. The highest BCUT2D eigenvalue weighted by Gasteiger charge is 2.14. The third-order valence-corrected chi connectivity index (χ3v) is 2.47. The van der Waals surface area contributed by atoms with E-state index < -0.39 is 5.60 Å². The van der Waals surface area contributed by atoms with Crippen molar-refractivity contribution in [3.05, 3.63) is 35.6 Å². The third kappa shape index (κ3) is 2.21. The van der Waals surface area contributed by atoms with Crippen LogP contribution in [0.15, 0.2) is 28.9 Å². The van der Waals surface area contributed by atoms with Gasteiger partial charge in [-0.15, -0.1) is 0 Å². The van der Waals surface area contributed by atoms with Gasteiger partial charge in [-0.25, -0.2) is 0 Å². The molecule has 1 heterocycles. The minimum absolute atomic E-state index is 0.660. The maximum Gasteiger partial charge on any atom is 0.134 e. The highest BCUT2D eigenvalue weighted by molar-refractivity contribution is 5.81. The zero-order valence-electron chi connectivity index (χ0n) is 9.37. The Morgan fingerprint density at radius 2 is 2.07 bits per heavy atom. The van der Waals surface area contributed by atoms with Crippen LogP contribution in [0, 0.1) is 6.92 Å². The molecule has 0 atom stereocenters. The Bertz CT molecular complexity index is 475. The summed E-state index contributed by atoms with van der Waals surface area (Å²) in [7, 11) is 0. The van der Waals surface area contributed by atoms with Crippen molar-refractivity contribution in [2.24, 2.45) is 0 Å². The predicted molar refractivity (Wildman–Crippen MR) is 61.0 cm³/mol. The average molecular weight is 204 g/mol. The van der Waals surface area contributed by atoms with Crippen molar-refractivity contribution in [3.8, 4) is 0 Å². The smallest absolute Gasteiger partial charge is 0.134 e. The first-order chi connectivity index (χ1) is 6.96. The summed E-state index contributed by atoms with van der Waals surface area (Å²) >= 11 is 0. The fourth-order valence-electron chi connectivity index (χ4n) is 1.81. The molecule has 0 fully saturated rings. The Morgan fingerprint density at radius 1 is 1.33 bits per heavy atom. The summed E-state index contributed by atoms with van der Waals surface area (Å²) in [5, 5.41) is 10.9. The molecule has 0 aliphatic carbocycles. The van der Waals surface area contributed by atoms with E-state index >= 15 is 0 Å². The zero-order valence-corrected chi connectivity index (χ0v) is 9.37. The van der Waals surface area contributed by atoms with E-state index in [1.165, 1.54) is 0 Å². The van der Waals surface area contributed by atoms with Crippen LogP contribution in [-0.4, -0.2) is 10.7 Å². The van der Waals surface area contributed by atoms with E-state index in [-0.39, 0.29) is 0 Å². The van der Waals surface area contributed by atoms with Gasteiger partial charge in [-0.3, -0.25) is 0 Å². The van der Waals surface area contributed by atoms with Crippen LogP contribution in [0.2, 0.25) is 0 Å². The van der Waals surface area contributed by atoms with Crippen molar-refractivity contribution in [2.75, 3.05) is 0 Å². The van der Waals surface area contributed by atoms with Crippen LogP contribution < -0.4 is 0 Å². The van der Waals surface area contributed by atoms with Crippen molar-refractivity contribution in [2.45, 2.75) is 32.8 Å². The molecule has 15 heavy (non-hydrogen) atoms. The van der Waals surface area contributed by atoms with Crippen LogP contribution in [-0.2, 0) is 6.42 Å². The van der Waals surface area contributed by atoms with Gasteiger partial charge in [-0.2, -0.15) is 0 Å². The van der Waals surface area contributed by atoms with Gasteiger partial charge in [0.15, 0.2) is 0 Å². The number of rotatable bonds is 2. The van der Waals surface area contributed by atoms with Crippen LogP contribution in [0.5, 0.6) is 0 Å². The molecule has 0 spiro atoms. The lowest BCUT2D eigenvalue weighted by Crippen LogP contribution is -2.21. The SMILES string of the molecule is Cc1coc2ccc(CC(C)(C)O)cc12. The number of aryl methyl sites for hydroxylation is 1. The Kier molecular flexibility index (Phi) is 2.31. The summed E-state index contributed by atoms with van der Waals surface area (Å²) in [4.78, 5) is 0. The molecule has 0 radical (unpaired) electrons. The van der Waals surface area contributed by atoms with Gasteiger partial charge in [0.05, 0.1) is 11.9 Å². The number of aliphatic hydroxyl groups is 1. The van der Waals surface area contributed by atoms with Crippen LogP contribution in [0.4, 0.5) is 0 Å². The number of benzene rings is 1. The predicted octanol–water partition coefficient (Wildman–Crippen LogP) is 3.05. The van der Waals surface area contributed by atoms with Crippen molar-refractivity contribution < 1.29 is 9.52 Å². The summed E-state index contributed by atoms with van der Waals surface area (Å²) in [5.41, 5.74) is 2.53. The Balaban J connectivity index is 2.42. The molecular weight excluding hydrogens is 188 g/mol. The number of hydrogen-bond acceptors (Lipinski definition) is 2. The fraction of sp³-hybridized carbons (Fsp3) is 0.385. The standard InChI is InChI=1S/C13H16O2/c1-9-8-15-12-5-4-10(6-11(9)12)7-13(2,3)14/h4-6,8,14H,7H2,1-3H3. The van der Waals surface area contributed by atoms with Crippen molar-refractivity contribution >= 4 is 11.0 Å². The Morgan fingerprint density at radius 3 is 2.73 bits per heavy atom. The van der Waals surface area contributed by atoms with Crippen LogP contribution in [0.1, 0.15) is 25.0 Å². The summed E-state index contributed by atoms with van der Waals surface area (Å²) < 4.78 is 5.37. The van der Waals surface area contributed by atoms with Gasteiger partial charge < -0.3 is 9.52 Å². The second-order valence-electron chi connectivity index (χ2n) is 4.74. The summed E-state index contributed by atoms with van der Waals surface area (Å²) in [6, 6.07) is 6.05. The summed E-state index contributed by atoms with van der Waals surface area (Å²) in [6.45, 7) is 5.67. The second-order valence-corrected chi connectivity index (χ2v) is 4.74. The van der Waals surface area contributed by atoms with Crippen molar-refractivity contribution in [1.82, 2.24) is 0 Å². The Hall–Kier alpha value is -1.28. The van der Waals surface area contributed by atoms with E-state index in [4.69, 9.17) is 4.42 Å². The van der Waals surface area contributed by atoms with E-state index in [1.54, 1.807) is 6.26 Å². The van der Waals surface area contributed by atoms with E-state index in [0.717, 1.165) is 22.1 Å². The second kappa shape index (κ2) is 3.38. The van der Waals surface area contributed by atoms with Crippen molar-refractivity contribution in [1.29, 1.82) is 0 Å². The van der Waals surface area contributed by atoms with E-state index in [0.29, 0.717) is 6.42 Å². The lowest BCUT2D eigenvalue weighted by molar-refractivity contribution is 0.0810. The first kappa shape index (κ1) is 10.2. The Labute approximate surface area is 89.5 Å². The first-order valence-electron chi connectivity index (χ1n) is 5.15. The molecule has 2 aromatic rings. The molecule has 80 valence electrons. The maximum atomic E-state index is 9.74. The monoisotopic (exact) mass is 204 g/mol. The number of fused-ring (bicyclic) bond motifs is 1. The van der Waals surface area contributed by atoms with Gasteiger partial charge >= 0.3 is 0 Å². The minimum Gasteiger partial charge on any atom is -0.464 e. The molecule has 1 aromatic carbocycles. The third-order valence-electron chi connectivity index (χ3n) is 2.47. The van der Waals surface area contributed by atoms with Crippen LogP contribution in [0.25, 0.3) is 11.0 Å². The molecule has 1 aromatic heterocycles. The van der Waals surface area contributed by atoms with Gasteiger partial charge in [0, 0.05) is 11.8 Å². The maximum absolute atomic E-state index is 9.74. The van der Waals surface area contributed by atoms with Gasteiger partial charge in [0.25, 0.3) is 0 Å². The lowest BCUT2D eigenvalue weighted by atomic mass is 9.97. The summed E-state index contributed by atoms with van der Waals surface area (Å²) in [5.74, 6) is 0. The van der Waals surface area contributed by atoms with Gasteiger partial charge in [0.1, 0.15) is 5.58 Å². The highest BCUT2D eigenvalue weighted by atomic mass is 16.3.